The van der Waals surface area contributed by atoms with Crippen LogP contribution in [0.25, 0.3) is 0 Å². The van der Waals surface area contributed by atoms with E-state index in [1.807, 2.05) is 31.2 Å². The summed E-state index contributed by atoms with van der Waals surface area (Å²) in [7, 11) is 0. The summed E-state index contributed by atoms with van der Waals surface area (Å²) in [6.07, 6.45) is 6.48. The molecule has 1 atom stereocenters. The number of urea groups is 1. The van der Waals surface area contributed by atoms with Crippen LogP contribution in [0.2, 0.25) is 0 Å². The minimum Gasteiger partial charge on any atom is -0.347 e. The van der Waals surface area contributed by atoms with Crippen LogP contribution in [0.4, 0.5) is 4.79 Å². The maximum Gasteiger partial charge on any atom is 0.334 e. The Hall–Kier alpha value is -2.70. The minimum atomic E-state index is -0.894. The lowest BCUT2D eigenvalue weighted by Crippen LogP contribution is -2.45. The van der Waals surface area contributed by atoms with Gasteiger partial charge in [-0.25, -0.2) is 9.69 Å². The van der Waals surface area contributed by atoms with Gasteiger partial charge in [0.2, 0.25) is 5.91 Å². The van der Waals surface area contributed by atoms with E-state index in [9.17, 15) is 19.2 Å². The number of nitrogens with zero attached hydrogens (tertiary/aromatic N) is 2. The van der Waals surface area contributed by atoms with Gasteiger partial charge < -0.3 is 5.32 Å². The number of imide groups is 2. The normalized spacial score (nSPS) is 21.6. The van der Waals surface area contributed by atoms with Crippen molar-refractivity contribution < 1.29 is 19.2 Å². The number of nitrogens with one attached hydrogen (secondary N) is 1. The third-order valence-electron chi connectivity index (χ3n) is 6.17. The zero-order valence-electron chi connectivity index (χ0n) is 16.7. The molecule has 1 unspecified atom stereocenters. The van der Waals surface area contributed by atoms with Crippen molar-refractivity contribution in [1.29, 1.82) is 0 Å². The smallest absolute Gasteiger partial charge is 0.334 e. The number of amides is 5. The standard InChI is InChI=1S/C22H27N3O4/c1-14-7-9-15(10-8-14)19(16-11-12-16)23-18(26)13-24-20(27)21(28)25(22(24)29)17-5-3-2-4-6-17/h7-10,16-17,19H,2-6,11-13H2,1H3,(H,23,26). The second kappa shape index (κ2) is 7.97. The monoisotopic (exact) mass is 397 g/mol. The van der Waals surface area contributed by atoms with E-state index in [1.54, 1.807) is 0 Å². The molecule has 0 radical (unpaired) electrons. The predicted molar refractivity (Wildman–Crippen MR) is 106 cm³/mol. The van der Waals surface area contributed by atoms with Crippen molar-refractivity contribution in [3.05, 3.63) is 35.4 Å². The molecule has 0 bridgehead atoms. The summed E-state index contributed by atoms with van der Waals surface area (Å²) in [5, 5.41) is 2.98. The topological polar surface area (TPSA) is 86.8 Å². The Morgan fingerprint density at radius 2 is 1.66 bits per heavy atom. The van der Waals surface area contributed by atoms with Gasteiger partial charge in [0, 0.05) is 6.04 Å². The van der Waals surface area contributed by atoms with Crippen LogP contribution in [0.1, 0.15) is 62.1 Å². The molecule has 154 valence electrons. The molecule has 7 nitrogen and oxygen atoms in total. The van der Waals surface area contributed by atoms with Gasteiger partial charge in [0.25, 0.3) is 0 Å². The molecule has 1 aromatic carbocycles. The van der Waals surface area contributed by atoms with Crippen molar-refractivity contribution in [3.8, 4) is 0 Å². The van der Waals surface area contributed by atoms with Crippen LogP contribution < -0.4 is 5.32 Å². The molecule has 0 aromatic heterocycles. The van der Waals surface area contributed by atoms with E-state index in [4.69, 9.17) is 0 Å². The van der Waals surface area contributed by atoms with Crippen LogP contribution >= 0.6 is 0 Å². The molecule has 3 aliphatic rings. The Morgan fingerprint density at radius 3 is 2.28 bits per heavy atom. The van der Waals surface area contributed by atoms with Crippen LogP contribution in [-0.4, -0.2) is 46.1 Å². The van der Waals surface area contributed by atoms with E-state index in [1.165, 1.54) is 0 Å². The number of aryl methyl sites for hydroxylation is 1. The lowest BCUT2D eigenvalue weighted by molar-refractivity contribution is -0.144. The van der Waals surface area contributed by atoms with E-state index in [0.29, 0.717) is 5.92 Å². The summed E-state index contributed by atoms with van der Waals surface area (Å²) in [6.45, 7) is 1.59. The van der Waals surface area contributed by atoms with E-state index in [0.717, 1.165) is 65.9 Å². The third-order valence-corrected chi connectivity index (χ3v) is 6.17. The van der Waals surface area contributed by atoms with Gasteiger partial charge >= 0.3 is 17.8 Å². The number of carbonyl (C=O) groups is 4. The number of hydrogen-bond acceptors (Lipinski definition) is 4. The molecule has 0 spiro atoms. The SMILES string of the molecule is Cc1ccc(C(NC(=O)CN2C(=O)C(=O)N(C3CCCCC3)C2=O)C2CC2)cc1. The van der Waals surface area contributed by atoms with Gasteiger partial charge in [0.05, 0.1) is 6.04 Å². The van der Waals surface area contributed by atoms with E-state index >= 15 is 0 Å². The summed E-state index contributed by atoms with van der Waals surface area (Å²) in [5.74, 6) is -1.74. The fraction of sp³-hybridized carbons (Fsp3) is 0.545. The van der Waals surface area contributed by atoms with Gasteiger partial charge in [-0.3, -0.25) is 19.3 Å². The van der Waals surface area contributed by atoms with Crippen molar-refractivity contribution in [2.24, 2.45) is 5.92 Å². The molecule has 1 aliphatic heterocycles. The zero-order chi connectivity index (χ0) is 20.5. The second-order valence-electron chi connectivity index (χ2n) is 8.43. The van der Waals surface area contributed by atoms with E-state index in [2.05, 4.69) is 5.32 Å². The average molecular weight is 397 g/mol. The lowest BCUT2D eigenvalue weighted by Gasteiger charge is -2.28. The summed E-state index contributed by atoms with van der Waals surface area (Å²) in [5.41, 5.74) is 2.16. The summed E-state index contributed by atoms with van der Waals surface area (Å²) in [4.78, 5) is 52.0. The Morgan fingerprint density at radius 1 is 1.00 bits per heavy atom. The molecular weight excluding hydrogens is 370 g/mol. The zero-order valence-corrected chi connectivity index (χ0v) is 16.7. The molecule has 1 aromatic rings. The van der Waals surface area contributed by atoms with Gasteiger partial charge in [0.15, 0.2) is 0 Å². The molecule has 3 fully saturated rings. The van der Waals surface area contributed by atoms with Gasteiger partial charge in [-0.05, 0) is 44.1 Å². The van der Waals surface area contributed by atoms with Gasteiger partial charge in [-0.15, -0.1) is 0 Å². The first-order chi connectivity index (χ1) is 14.0. The Balaban J connectivity index is 1.43. The van der Waals surface area contributed by atoms with Crippen molar-refractivity contribution in [2.75, 3.05) is 6.54 Å². The predicted octanol–water partition coefficient (Wildman–Crippen LogP) is 2.69. The number of rotatable bonds is 6. The molecule has 2 saturated carbocycles. The number of benzene rings is 1. The minimum absolute atomic E-state index is 0.138. The Bertz CT molecular complexity index is 825. The number of carbonyl (C=O) groups excluding carboxylic acids is 4. The van der Waals surface area contributed by atoms with Crippen LogP contribution in [0.3, 0.4) is 0 Å². The maximum absolute atomic E-state index is 12.7. The van der Waals surface area contributed by atoms with Crippen molar-refractivity contribution in [1.82, 2.24) is 15.1 Å². The van der Waals surface area contributed by atoms with Crippen LogP contribution in [-0.2, 0) is 14.4 Å². The molecule has 1 heterocycles. The Labute approximate surface area is 170 Å². The van der Waals surface area contributed by atoms with Crippen LogP contribution in [0, 0.1) is 12.8 Å². The molecule has 5 amide bonds. The summed E-state index contributed by atoms with van der Waals surface area (Å²) < 4.78 is 0. The lowest BCUT2D eigenvalue weighted by atomic mass is 9.94. The molecule has 1 saturated heterocycles. The fourth-order valence-corrected chi connectivity index (χ4v) is 4.36. The number of hydrogen-bond donors (Lipinski definition) is 1. The molecule has 1 N–H and O–H groups in total. The average Bonchev–Trinajstić information content (AvgIpc) is 3.53. The van der Waals surface area contributed by atoms with Gasteiger partial charge in [0.1, 0.15) is 6.54 Å². The largest absolute Gasteiger partial charge is 0.347 e. The van der Waals surface area contributed by atoms with Crippen molar-refractivity contribution >= 4 is 23.8 Å². The van der Waals surface area contributed by atoms with E-state index < -0.39 is 30.3 Å². The first kappa shape index (κ1) is 19.6. The van der Waals surface area contributed by atoms with E-state index in [-0.39, 0.29) is 12.1 Å². The quantitative estimate of drug-likeness (QED) is 0.591. The Kier molecular flexibility index (Phi) is 5.39. The van der Waals surface area contributed by atoms with Crippen LogP contribution in [0.5, 0.6) is 0 Å². The first-order valence-electron chi connectivity index (χ1n) is 10.5. The van der Waals surface area contributed by atoms with Crippen LogP contribution in [0.15, 0.2) is 24.3 Å². The highest BCUT2D eigenvalue weighted by molar-refractivity contribution is 6.45. The summed E-state index contributed by atoms with van der Waals surface area (Å²) in [6, 6.07) is 6.99. The maximum atomic E-state index is 12.7. The van der Waals surface area contributed by atoms with Crippen molar-refractivity contribution in [2.45, 2.75) is 64.0 Å². The molecular formula is C22H27N3O4. The first-order valence-corrected chi connectivity index (χ1v) is 10.5. The molecule has 7 heteroatoms. The highest BCUT2D eigenvalue weighted by atomic mass is 16.2. The third kappa shape index (κ3) is 4.04. The molecule has 4 rings (SSSR count). The highest BCUT2D eigenvalue weighted by Gasteiger charge is 2.48. The fourth-order valence-electron chi connectivity index (χ4n) is 4.36. The van der Waals surface area contributed by atoms with Crippen molar-refractivity contribution in [3.63, 3.8) is 0 Å². The highest BCUT2D eigenvalue weighted by Crippen LogP contribution is 2.41. The van der Waals surface area contributed by atoms with Gasteiger partial charge in [-0.2, -0.15) is 0 Å². The summed E-state index contributed by atoms with van der Waals surface area (Å²) >= 11 is 0. The molecule has 2 aliphatic carbocycles. The van der Waals surface area contributed by atoms with Gasteiger partial charge in [-0.1, -0.05) is 49.1 Å². The second-order valence-corrected chi connectivity index (χ2v) is 8.43. The molecule has 29 heavy (non-hydrogen) atoms.